The van der Waals surface area contributed by atoms with Crippen molar-refractivity contribution in [2.45, 2.75) is 26.2 Å². The fourth-order valence-electron chi connectivity index (χ4n) is 2.39. The van der Waals surface area contributed by atoms with E-state index < -0.39 is 0 Å². The summed E-state index contributed by atoms with van der Waals surface area (Å²) in [6.07, 6.45) is 3.78. The fraction of sp³-hybridized carbons (Fsp3) is 0.600. The molecular weight excluding hydrogens is 208 g/mol. The summed E-state index contributed by atoms with van der Waals surface area (Å²) in [6.45, 7) is 5.82. The average Bonchev–Trinajstić information content (AvgIpc) is 2.39. The summed E-state index contributed by atoms with van der Waals surface area (Å²) in [4.78, 5) is 2.42. The Balaban J connectivity index is 1.77. The van der Waals surface area contributed by atoms with Gasteiger partial charge in [-0.2, -0.15) is 0 Å². The first-order valence-corrected chi connectivity index (χ1v) is 6.79. The molecule has 0 saturated carbocycles. The summed E-state index contributed by atoms with van der Waals surface area (Å²) < 4.78 is 0. The van der Waals surface area contributed by atoms with Crippen LogP contribution >= 0.6 is 0 Å². The SMILES string of the molecule is CCc1ccc(NCC2CCN(C)CC2)cc1. The minimum absolute atomic E-state index is 0.844. The van der Waals surface area contributed by atoms with Crippen LogP contribution in [0.5, 0.6) is 0 Å². The number of piperidine rings is 1. The van der Waals surface area contributed by atoms with E-state index in [-0.39, 0.29) is 0 Å². The molecule has 1 heterocycles. The molecule has 0 unspecified atom stereocenters. The predicted octanol–water partition coefficient (Wildman–Crippen LogP) is 3.00. The van der Waals surface area contributed by atoms with Gasteiger partial charge in [0.05, 0.1) is 0 Å². The Morgan fingerprint density at radius 1 is 1.18 bits per heavy atom. The molecule has 0 radical (unpaired) electrons. The van der Waals surface area contributed by atoms with Gasteiger partial charge in [0.25, 0.3) is 0 Å². The van der Waals surface area contributed by atoms with Crippen LogP contribution in [0.1, 0.15) is 25.3 Å². The van der Waals surface area contributed by atoms with Crippen LogP contribution in [0.2, 0.25) is 0 Å². The van der Waals surface area contributed by atoms with E-state index in [0.29, 0.717) is 0 Å². The third kappa shape index (κ3) is 3.74. The Bertz CT molecular complexity index is 323. The van der Waals surface area contributed by atoms with Crippen molar-refractivity contribution in [1.82, 2.24) is 4.90 Å². The third-order valence-electron chi connectivity index (χ3n) is 3.80. The molecule has 1 aliphatic rings. The van der Waals surface area contributed by atoms with Crippen LogP contribution in [0.3, 0.4) is 0 Å². The molecule has 1 fully saturated rings. The van der Waals surface area contributed by atoms with Crippen molar-refractivity contribution in [3.63, 3.8) is 0 Å². The molecule has 2 nitrogen and oxygen atoms in total. The van der Waals surface area contributed by atoms with Gasteiger partial charge in [0, 0.05) is 12.2 Å². The quantitative estimate of drug-likeness (QED) is 0.858. The molecule has 0 bridgehead atoms. The maximum atomic E-state index is 3.56. The summed E-state index contributed by atoms with van der Waals surface area (Å²) in [5.41, 5.74) is 2.68. The Kier molecular flexibility index (Phi) is 4.43. The highest BCUT2D eigenvalue weighted by Gasteiger charge is 2.15. The monoisotopic (exact) mass is 232 g/mol. The molecule has 0 spiro atoms. The van der Waals surface area contributed by atoms with Crippen LogP contribution in [0.15, 0.2) is 24.3 Å². The van der Waals surface area contributed by atoms with E-state index in [2.05, 4.69) is 48.5 Å². The Morgan fingerprint density at radius 2 is 1.82 bits per heavy atom. The zero-order valence-electron chi connectivity index (χ0n) is 11.1. The Hall–Kier alpha value is -1.02. The van der Waals surface area contributed by atoms with Gasteiger partial charge in [-0.1, -0.05) is 19.1 Å². The van der Waals surface area contributed by atoms with Gasteiger partial charge in [-0.05, 0) is 63.0 Å². The van der Waals surface area contributed by atoms with Crippen LogP contribution in [-0.4, -0.2) is 31.6 Å². The number of aryl methyl sites for hydroxylation is 1. The Labute approximate surface area is 105 Å². The topological polar surface area (TPSA) is 15.3 Å². The molecule has 1 aromatic carbocycles. The molecule has 2 rings (SSSR count). The van der Waals surface area contributed by atoms with Crippen molar-refractivity contribution in [2.24, 2.45) is 5.92 Å². The van der Waals surface area contributed by atoms with Crippen LogP contribution in [0.25, 0.3) is 0 Å². The molecule has 17 heavy (non-hydrogen) atoms. The first-order valence-electron chi connectivity index (χ1n) is 6.79. The van der Waals surface area contributed by atoms with Crippen LogP contribution in [-0.2, 0) is 6.42 Å². The minimum Gasteiger partial charge on any atom is -0.385 e. The molecule has 0 aromatic heterocycles. The van der Waals surface area contributed by atoms with Crippen molar-refractivity contribution in [2.75, 3.05) is 32.0 Å². The van der Waals surface area contributed by atoms with Gasteiger partial charge in [0.1, 0.15) is 0 Å². The van der Waals surface area contributed by atoms with Crippen LogP contribution < -0.4 is 5.32 Å². The van der Waals surface area contributed by atoms with E-state index in [1.165, 1.54) is 37.2 Å². The highest BCUT2D eigenvalue weighted by atomic mass is 15.1. The lowest BCUT2D eigenvalue weighted by Gasteiger charge is -2.29. The van der Waals surface area contributed by atoms with Crippen molar-refractivity contribution in [3.05, 3.63) is 29.8 Å². The Morgan fingerprint density at radius 3 is 2.41 bits per heavy atom. The number of hydrogen-bond acceptors (Lipinski definition) is 2. The fourth-order valence-corrected chi connectivity index (χ4v) is 2.39. The number of anilines is 1. The maximum absolute atomic E-state index is 3.56. The molecule has 94 valence electrons. The van der Waals surface area contributed by atoms with Gasteiger partial charge in [-0.25, -0.2) is 0 Å². The minimum atomic E-state index is 0.844. The molecule has 0 amide bonds. The van der Waals surface area contributed by atoms with Gasteiger partial charge < -0.3 is 10.2 Å². The standard InChI is InChI=1S/C15H24N2/c1-3-13-4-6-15(7-5-13)16-12-14-8-10-17(2)11-9-14/h4-7,14,16H,3,8-12H2,1-2H3. The molecule has 1 aromatic rings. The summed E-state index contributed by atoms with van der Waals surface area (Å²) >= 11 is 0. The summed E-state index contributed by atoms with van der Waals surface area (Å²) in [5.74, 6) is 0.844. The zero-order chi connectivity index (χ0) is 12.1. The molecule has 0 atom stereocenters. The number of nitrogens with zero attached hydrogens (tertiary/aromatic N) is 1. The van der Waals surface area contributed by atoms with E-state index in [1.807, 2.05) is 0 Å². The van der Waals surface area contributed by atoms with Gasteiger partial charge in [0.2, 0.25) is 0 Å². The molecular formula is C15H24N2. The molecule has 0 aliphatic carbocycles. The first-order chi connectivity index (χ1) is 8.28. The predicted molar refractivity (Wildman–Crippen MR) is 74.5 cm³/mol. The van der Waals surface area contributed by atoms with E-state index in [1.54, 1.807) is 0 Å². The van der Waals surface area contributed by atoms with E-state index in [4.69, 9.17) is 0 Å². The largest absolute Gasteiger partial charge is 0.385 e. The van der Waals surface area contributed by atoms with Gasteiger partial charge >= 0.3 is 0 Å². The first kappa shape index (κ1) is 12.4. The number of benzene rings is 1. The van der Waals surface area contributed by atoms with Gasteiger partial charge in [0.15, 0.2) is 0 Å². The summed E-state index contributed by atoms with van der Waals surface area (Å²) in [7, 11) is 2.22. The highest BCUT2D eigenvalue weighted by Crippen LogP contribution is 2.17. The van der Waals surface area contributed by atoms with Crippen molar-refractivity contribution in [3.8, 4) is 0 Å². The lowest BCUT2D eigenvalue weighted by atomic mass is 9.97. The zero-order valence-corrected chi connectivity index (χ0v) is 11.1. The number of nitrogens with one attached hydrogen (secondary N) is 1. The smallest absolute Gasteiger partial charge is 0.0340 e. The van der Waals surface area contributed by atoms with Gasteiger partial charge in [-0.3, -0.25) is 0 Å². The van der Waals surface area contributed by atoms with Crippen molar-refractivity contribution in [1.29, 1.82) is 0 Å². The number of likely N-dealkylation sites (tertiary alicyclic amines) is 1. The van der Waals surface area contributed by atoms with E-state index in [9.17, 15) is 0 Å². The lowest BCUT2D eigenvalue weighted by molar-refractivity contribution is 0.226. The normalized spacial score (nSPS) is 18.2. The molecule has 1 N–H and O–H groups in total. The maximum Gasteiger partial charge on any atom is 0.0340 e. The lowest BCUT2D eigenvalue weighted by Crippen LogP contribution is -2.32. The second-order valence-corrected chi connectivity index (χ2v) is 5.18. The number of hydrogen-bond donors (Lipinski definition) is 1. The highest BCUT2D eigenvalue weighted by molar-refractivity contribution is 5.44. The van der Waals surface area contributed by atoms with Crippen LogP contribution in [0, 0.1) is 5.92 Å². The molecule has 2 heteroatoms. The van der Waals surface area contributed by atoms with E-state index >= 15 is 0 Å². The average molecular weight is 232 g/mol. The second-order valence-electron chi connectivity index (χ2n) is 5.18. The second kappa shape index (κ2) is 6.06. The molecule has 1 saturated heterocycles. The third-order valence-corrected chi connectivity index (χ3v) is 3.80. The summed E-state index contributed by atoms with van der Waals surface area (Å²) in [6, 6.07) is 8.84. The molecule has 1 aliphatic heterocycles. The number of rotatable bonds is 4. The van der Waals surface area contributed by atoms with Crippen molar-refractivity contribution >= 4 is 5.69 Å². The summed E-state index contributed by atoms with van der Waals surface area (Å²) in [5, 5.41) is 3.56. The van der Waals surface area contributed by atoms with Crippen molar-refractivity contribution < 1.29 is 0 Å². The van der Waals surface area contributed by atoms with E-state index in [0.717, 1.165) is 18.9 Å². The van der Waals surface area contributed by atoms with Gasteiger partial charge in [-0.15, -0.1) is 0 Å². The van der Waals surface area contributed by atoms with Crippen LogP contribution in [0.4, 0.5) is 5.69 Å².